The molecule has 0 spiro atoms. The summed E-state index contributed by atoms with van der Waals surface area (Å²) < 4.78 is 80.9. The Bertz CT molecular complexity index is 1960. The molecule has 0 amide bonds. The van der Waals surface area contributed by atoms with Gasteiger partial charge in [0.05, 0.1) is 13.2 Å². The second-order valence-electron chi connectivity index (χ2n) is 15.8. The molecular weight excluding hydrogens is 910 g/mol. The van der Waals surface area contributed by atoms with Gasteiger partial charge in [-0.15, -0.1) is 0 Å². The van der Waals surface area contributed by atoms with E-state index in [1.165, 1.54) is 14.0 Å². The Morgan fingerprint density at radius 1 is 0.515 bits per heavy atom. The summed E-state index contributed by atoms with van der Waals surface area (Å²) in [6.45, 7) is 8.58. The second kappa shape index (κ2) is 25.7. The molecule has 1 N–H and O–H groups in total. The normalized spacial score (nSPS) is 31.5. The van der Waals surface area contributed by atoms with Crippen molar-refractivity contribution in [3.63, 3.8) is 0 Å². The van der Waals surface area contributed by atoms with Crippen molar-refractivity contribution >= 4 is 53.5 Å². The SMILES string of the molecule is CO[C@@H]1O[C@H](COCc2ccccc2)[C@@H](O)[C@H](O[C@@H]2O[C@H](COC(C)=O)[C@H](OC(C)=O)[C@H](OC(C)=O)[C@H]2OC(C)=O)[C@H]1N=C(C)[C@H]1O[C@H](COC(C)=O)[C@@H](OC(C)=O)[C@H](OC(C)=O)[C@@H]1OC(C)=O. The number of methoxy groups -OCH3 is 1. The minimum Gasteiger partial charge on any atom is -0.463 e. The minimum absolute atomic E-state index is 0.0701. The van der Waals surface area contributed by atoms with Crippen LogP contribution >= 0.6 is 0 Å². The van der Waals surface area contributed by atoms with Crippen LogP contribution in [0.5, 0.6) is 0 Å². The Hall–Kier alpha value is -5.63. The monoisotopic (exact) mass is 969 g/mol. The van der Waals surface area contributed by atoms with E-state index in [1.807, 2.05) is 18.2 Å². The summed E-state index contributed by atoms with van der Waals surface area (Å²) in [6.07, 6.45) is -21.9. The predicted molar refractivity (Wildman–Crippen MR) is 223 cm³/mol. The fraction of sp³-hybridized carbons (Fsp3) is 0.659. The van der Waals surface area contributed by atoms with Crippen molar-refractivity contribution in [2.45, 2.75) is 161 Å². The second-order valence-corrected chi connectivity index (χ2v) is 15.8. The number of aliphatic hydroxyl groups excluding tert-OH is 1. The third-order valence-corrected chi connectivity index (χ3v) is 10.3. The molecule has 378 valence electrons. The number of nitrogens with zero attached hydrogens (tertiary/aromatic N) is 1. The third kappa shape index (κ3) is 15.7. The largest absolute Gasteiger partial charge is 0.463 e. The smallest absolute Gasteiger partial charge is 0.303 e. The van der Waals surface area contributed by atoms with Crippen molar-refractivity contribution in [3.05, 3.63) is 35.9 Å². The standard InChI is InChI=1S/C44H59NO23/c1-20(35-39(61-25(6)50)40(62-26(7)51)36(59-23(4)48)31(65-35)18-57-21(2)46)45-33-38(34(54)30(66-43(33)55-10)17-56-16-29-14-12-11-13-15-29)68-44-42(64-28(9)53)41(63-27(8)52)37(60-24(5)49)32(67-44)19-58-22(3)47/h11-15,30-44,54H,16-19H2,1-10H3/t30-,31-,32-,33-,34-,35-,36-,37+,38-,39-,40+,41+,42-,43-,44+/m1/s1. The Labute approximate surface area is 391 Å². The van der Waals surface area contributed by atoms with Crippen LogP contribution in [0.4, 0.5) is 0 Å². The van der Waals surface area contributed by atoms with Crippen LogP contribution in [-0.4, -0.2) is 177 Å². The van der Waals surface area contributed by atoms with E-state index in [-0.39, 0.29) is 18.9 Å². The molecule has 1 aromatic rings. The third-order valence-electron chi connectivity index (χ3n) is 10.3. The molecule has 0 bridgehead atoms. The van der Waals surface area contributed by atoms with E-state index in [2.05, 4.69) is 0 Å². The summed E-state index contributed by atoms with van der Waals surface area (Å²) in [7, 11) is 1.25. The molecular formula is C44H59NO23. The molecule has 0 radical (unpaired) electrons. The van der Waals surface area contributed by atoms with Gasteiger partial charge in [-0.25, -0.2) is 0 Å². The predicted octanol–water partition coefficient (Wildman–Crippen LogP) is 0.359. The van der Waals surface area contributed by atoms with E-state index < -0.39 is 153 Å². The number of ether oxygens (including phenoxy) is 14. The number of esters is 8. The summed E-state index contributed by atoms with van der Waals surface area (Å²) in [5.41, 5.74) is 0.716. The zero-order valence-electron chi connectivity index (χ0n) is 39.3. The highest BCUT2D eigenvalue weighted by atomic mass is 16.8. The van der Waals surface area contributed by atoms with Crippen LogP contribution in [0.3, 0.4) is 0 Å². The molecule has 1 aromatic carbocycles. The lowest BCUT2D eigenvalue weighted by Crippen LogP contribution is -2.66. The van der Waals surface area contributed by atoms with Gasteiger partial charge in [-0.05, 0) is 12.5 Å². The maximum atomic E-state index is 12.7. The van der Waals surface area contributed by atoms with Gasteiger partial charge in [0.15, 0.2) is 49.2 Å². The molecule has 3 fully saturated rings. The zero-order chi connectivity index (χ0) is 50.4. The molecule has 68 heavy (non-hydrogen) atoms. The van der Waals surface area contributed by atoms with Gasteiger partial charge in [-0.1, -0.05) is 30.3 Å². The number of benzene rings is 1. The first-order valence-electron chi connectivity index (χ1n) is 21.4. The lowest BCUT2D eigenvalue weighted by atomic mass is 9.91. The van der Waals surface area contributed by atoms with E-state index in [9.17, 15) is 43.5 Å². The highest BCUT2D eigenvalue weighted by Crippen LogP contribution is 2.36. The average molecular weight is 970 g/mol. The summed E-state index contributed by atoms with van der Waals surface area (Å²) in [4.78, 5) is 104. The van der Waals surface area contributed by atoms with Gasteiger partial charge in [-0.3, -0.25) is 43.3 Å². The van der Waals surface area contributed by atoms with Crippen LogP contribution in [0.2, 0.25) is 0 Å². The van der Waals surface area contributed by atoms with E-state index >= 15 is 0 Å². The van der Waals surface area contributed by atoms with Gasteiger partial charge >= 0.3 is 47.8 Å². The maximum absolute atomic E-state index is 12.7. The van der Waals surface area contributed by atoms with Crippen molar-refractivity contribution in [1.29, 1.82) is 0 Å². The molecule has 3 saturated heterocycles. The number of aliphatic imine (C=N–C) groups is 1. The van der Waals surface area contributed by atoms with Crippen molar-refractivity contribution in [1.82, 2.24) is 0 Å². The Morgan fingerprint density at radius 3 is 1.44 bits per heavy atom. The Balaban J connectivity index is 1.89. The number of hydrogen-bond donors (Lipinski definition) is 1. The van der Waals surface area contributed by atoms with Crippen molar-refractivity contribution in [2.24, 2.45) is 4.99 Å². The van der Waals surface area contributed by atoms with Crippen LogP contribution in [0, 0.1) is 0 Å². The number of aliphatic hydroxyl groups is 1. The van der Waals surface area contributed by atoms with Crippen molar-refractivity contribution in [3.8, 4) is 0 Å². The fourth-order valence-electron chi connectivity index (χ4n) is 7.72. The van der Waals surface area contributed by atoms with Crippen molar-refractivity contribution in [2.75, 3.05) is 26.9 Å². The molecule has 24 heteroatoms. The van der Waals surface area contributed by atoms with E-state index in [0.717, 1.165) is 61.0 Å². The number of carbonyl (C=O) groups is 8. The van der Waals surface area contributed by atoms with Crippen LogP contribution < -0.4 is 0 Å². The quantitative estimate of drug-likeness (QED) is 0.111. The molecule has 0 unspecified atom stereocenters. The van der Waals surface area contributed by atoms with Crippen LogP contribution in [0.15, 0.2) is 35.3 Å². The summed E-state index contributed by atoms with van der Waals surface area (Å²) in [5, 5.41) is 12.3. The summed E-state index contributed by atoms with van der Waals surface area (Å²) in [5.74, 6) is -6.87. The molecule has 0 aromatic heterocycles. The summed E-state index contributed by atoms with van der Waals surface area (Å²) in [6, 6.07) is 7.56. The topological polar surface area (TPSA) is 298 Å². The van der Waals surface area contributed by atoms with Crippen LogP contribution in [0.25, 0.3) is 0 Å². The van der Waals surface area contributed by atoms with Crippen LogP contribution in [-0.2, 0) is 111 Å². The zero-order valence-corrected chi connectivity index (χ0v) is 39.3. The molecule has 3 aliphatic heterocycles. The van der Waals surface area contributed by atoms with Gasteiger partial charge < -0.3 is 71.4 Å². The van der Waals surface area contributed by atoms with E-state index in [1.54, 1.807) is 12.1 Å². The Kier molecular flexibility index (Phi) is 20.7. The first kappa shape index (κ1) is 55.0. The first-order chi connectivity index (χ1) is 32.1. The lowest BCUT2D eigenvalue weighted by Gasteiger charge is -2.48. The van der Waals surface area contributed by atoms with Crippen LogP contribution in [0.1, 0.15) is 67.9 Å². The molecule has 3 aliphatic rings. The first-order valence-corrected chi connectivity index (χ1v) is 21.4. The van der Waals surface area contributed by atoms with Crippen molar-refractivity contribution < 1.29 is 110 Å². The molecule has 4 rings (SSSR count). The molecule has 15 atom stereocenters. The van der Waals surface area contributed by atoms with Gasteiger partial charge in [0.25, 0.3) is 0 Å². The maximum Gasteiger partial charge on any atom is 0.303 e. The molecule has 24 nitrogen and oxygen atoms in total. The molecule has 0 saturated carbocycles. The minimum atomic E-state index is -1.85. The average Bonchev–Trinajstić information content (AvgIpc) is 3.24. The molecule has 3 heterocycles. The van der Waals surface area contributed by atoms with Gasteiger partial charge in [0.1, 0.15) is 55.9 Å². The Morgan fingerprint density at radius 2 is 0.956 bits per heavy atom. The number of rotatable bonds is 19. The van der Waals surface area contributed by atoms with Gasteiger partial charge in [-0.2, -0.15) is 0 Å². The number of hydrogen-bond acceptors (Lipinski definition) is 24. The van der Waals surface area contributed by atoms with Gasteiger partial charge in [0, 0.05) is 68.2 Å². The summed E-state index contributed by atoms with van der Waals surface area (Å²) >= 11 is 0. The molecule has 0 aliphatic carbocycles. The highest BCUT2D eigenvalue weighted by molar-refractivity contribution is 5.88. The fourth-order valence-corrected chi connectivity index (χ4v) is 7.72. The van der Waals surface area contributed by atoms with E-state index in [0.29, 0.717) is 0 Å². The lowest BCUT2D eigenvalue weighted by molar-refractivity contribution is -0.344. The van der Waals surface area contributed by atoms with Gasteiger partial charge in [0.2, 0.25) is 0 Å². The van der Waals surface area contributed by atoms with E-state index in [4.69, 9.17) is 71.3 Å². The number of carbonyl (C=O) groups excluding carboxylic acids is 8. The highest BCUT2D eigenvalue weighted by Gasteiger charge is 2.57.